The van der Waals surface area contributed by atoms with Crippen LogP contribution < -0.4 is 20.3 Å². The fraction of sp³-hybridized carbons (Fsp3) is 0.429. The number of fused-ring (bicyclic) bond motifs is 1. The molecule has 6 nitrogen and oxygen atoms in total. The van der Waals surface area contributed by atoms with Gasteiger partial charge in [-0.2, -0.15) is 0 Å². The Morgan fingerprint density at radius 1 is 1.06 bits per heavy atom. The van der Waals surface area contributed by atoms with Crippen molar-refractivity contribution < 1.29 is 9.47 Å². The molecule has 1 fully saturated rings. The molecule has 2 N–H and O–H groups in total. The Kier molecular flexibility index (Phi) is 8.29. The molecular formula is C28H35N3O3S. The minimum atomic E-state index is -0.0436. The Balaban J connectivity index is 1.48. The first kappa shape index (κ1) is 25.0. The van der Waals surface area contributed by atoms with E-state index in [0.717, 1.165) is 59.2 Å². The molecule has 0 unspecified atom stereocenters. The van der Waals surface area contributed by atoms with Gasteiger partial charge in [0.2, 0.25) is 0 Å². The van der Waals surface area contributed by atoms with E-state index < -0.39 is 0 Å². The number of rotatable bonds is 9. The first-order chi connectivity index (χ1) is 17.0. The molecule has 0 aliphatic heterocycles. The Hall–Kier alpha value is -3.06. The lowest BCUT2D eigenvalue weighted by atomic mass is 10.1. The number of pyridine rings is 1. The van der Waals surface area contributed by atoms with Gasteiger partial charge >= 0.3 is 0 Å². The van der Waals surface area contributed by atoms with Crippen LogP contribution in [0.5, 0.6) is 11.5 Å². The van der Waals surface area contributed by atoms with Crippen LogP contribution in [0.3, 0.4) is 0 Å². The van der Waals surface area contributed by atoms with E-state index in [9.17, 15) is 4.79 Å². The third-order valence-electron chi connectivity index (χ3n) is 6.90. The molecule has 186 valence electrons. The standard InChI is InChI=1S/C28H35N3O3S/c1-4-19-9-11-24-21(15-19)17-22(27(32)30-24)18-31(23-7-5-6-8-23)28(35)29-14-13-20-10-12-25(33-2)26(16-20)34-3/h9-12,15-17,23H,4-8,13-14,18H2,1-3H3,(H,29,35)(H,30,32). The molecule has 3 aromatic rings. The summed E-state index contributed by atoms with van der Waals surface area (Å²) in [7, 11) is 3.28. The van der Waals surface area contributed by atoms with E-state index in [1.165, 1.54) is 18.4 Å². The van der Waals surface area contributed by atoms with Crippen molar-refractivity contribution in [2.24, 2.45) is 0 Å². The first-order valence-electron chi connectivity index (χ1n) is 12.4. The van der Waals surface area contributed by atoms with Crippen molar-refractivity contribution in [2.45, 2.75) is 58.0 Å². The molecule has 1 aromatic heterocycles. The van der Waals surface area contributed by atoms with Crippen molar-refractivity contribution in [3.05, 3.63) is 69.5 Å². The zero-order valence-corrected chi connectivity index (χ0v) is 21.7. The van der Waals surface area contributed by atoms with Crippen LogP contribution in [0.15, 0.2) is 47.3 Å². The second-order valence-corrected chi connectivity index (χ2v) is 9.52. The summed E-state index contributed by atoms with van der Waals surface area (Å²) in [4.78, 5) is 18.2. The molecule has 35 heavy (non-hydrogen) atoms. The number of aromatic amines is 1. The van der Waals surface area contributed by atoms with Crippen LogP contribution in [0.25, 0.3) is 10.9 Å². The zero-order valence-electron chi connectivity index (χ0n) is 20.9. The number of aryl methyl sites for hydroxylation is 1. The van der Waals surface area contributed by atoms with Gasteiger partial charge in [0.05, 0.1) is 20.8 Å². The summed E-state index contributed by atoms with van der Waals surface area (Å²) >= 11 is 5.85. The highest BCUT2D eigenvalue weighted by atomic mass is 32.1. The van der Waals surface area contributed by atoms with Crippen LogP contribution >= 0.6 is 12.2 Å². The monoisotopic (exact) mass is 493 g/mol. The Morgan fingerprint density at radius 2 is 1.80 bits per heavy atom. The zero-order chi connectivity index (χ0) is 24.8. The van der Waals surface area contributed by atoms with E-state index in [-0.39, 0.29) is 5.56 Å². The van der Waals surface area contributed by atoms with Crippen molar-refractivity contribution in [1.82, 2.24) is 15.2 Å². The summed E-state index contributed by atoms with van der Waals surface area (Å²) in [6, 6.07) is 14.6. The number of aromatic nitrogens is 1. The molecular weight excluding hydrogens is 458 g/mol. The van der Waals surface area contributed by atoms with Gasteiger partial charge in [0.15, 0.2) is 16.6 Å². The molecule has 0 atom stereocenters. The van der Waals surface area contributed by atoms with Crippen molar-refractivity contribution in [2.75, 3.05) is 20.8 Å². The second-order valence-electron chi connectivity index (χ2n) is 9.14. The highest BCUT2D eigenvalue weighted by molar-refractivity contribution is 7.80. The number of nitrogens with one attached hydrogen (secondary N) is 2. The van der Waals surface area contributed by atoms with Gasteiger partial charge in [-0.05, 0) is 84.7 Å². The third-order valence-corrected chi connectivity index (χ3v) is 7.28. The van der Waals surface area contributed by atoms with Gasteiger partial charge in [0, 0.05) is 23.7 Å². The van der Waals surface area contributed by atoms with E-state index in [1.54, 1.807) is 14.2 Å². The van der Waals surface area contributed by atoms with E-state index in [1.807, 2.05) is 30.3 Å². The molecule has 1 heterocycles. The highest BCUT2D eigenvalue weighted by Crippen LogP contribution is 2.28. The highest BCUT2D eigenvalue weighted by Gasteiger charge is 2.25. The molecule has 4 rings (SSSR count). The Bertz CT molecular complexity index is 1230. The molecule has 0 saturated heterocycles. The fourth-order valence-electron chi connectivity index (χ4n) is 4.86. The summed E-state index contributed by atoms with van der Waals surface area (Å²) in [5.74, 6) is 1.45. The lowest BCUT2D eigenvalue weighted by Crippen LogP contribution is -2.45. The maximum atomic E-state index is 12.9. The average Bonchev–Trinajstić information content (AvgIpc) is 3.41. The number of methoxy groups -OCH3 is 2. The predicted molar refractivity (Wildman–Crippen MR) is 146 cm³/mol. The quantitative estimate of drug-likeness (QED) is 0.410. The van der Waals surface area contributed by atoms with Gasteiger partial charge in [-0.3, -0.25) is 4.79 Å². The molecule has 0 radical (unpaired) electrons. The van der Waals surface area contributed by atoms with Crippen molar-refractivity contribution in [3.8, 4) is 11.5 Å². The van der Waals surface area contributed by atoms with Crippen molar-refractivity contribution in [1.29, 1.82) is 0 Å². The Morgan fingerprint density at radius 3 is 2.51 bits per heavy atom. The molecule has 0 spiro atoms. The summed E-state index contributed by atoms with van der Waals surface area (Å²) in [5.41, 5.74) is 3.98. The lowest BCUT2D eigenvalue weighted by molar-refractivity contribution is 0.302. The van der Waals surface area contributed by atoms with Crippen molar-refractivity contribution >= 4 is 28.2 Å². The van der Waals surface area contributed by atoms with Crippen LogP contribution in [0.4, 0.5) is 0 Å². The molecule has 2 aromatic carbocycles. The minimum absolute atomic E-state index is 0.0436. The number of ether oxygens (including phenoxy) is 2. The largest absolute Gasteiger partial charge is 0.493 e. The van der Waals surface area contributed by atoms with Gasteiger partial charge in [0.25, 0.3) is 5.56 Å². The summed E-state index contributed by atoms with van der Waals surface area (Å²) < 4.78 is 10.8. The van der Waals surface area contributed by atoms with E-state index in [0.29, 0.717) is 24.2 Å². The van der Waals surface area contributed by atoms with Gasteiger partial charge in [-0.25, -0.2) is 0 Å². The number of hydrogen-bond acceptors (Lipinski definition) is 4. The third kappa shape index (κ3) is 5.96. The van der Waals surface area contributed by atoms with Crippen LogP contribution in [0.1, 0.15) is 49.3 Å². The molecule has 0 bridgehead atoms. The molecule has 7 heteroatoms. The van der Waals surface area contributed by atoms with E-state index in [2.05, 4.69) is 34.3 Å². The van der Waals surface area contributed by atoms with Crippen LogP contribution in [-0.4, -0.2) is 41.8 Å². The summed E-state index contributed by atoms with van der Waals surface area (Å²) in [6.07, 6.45) is 6.36. The van der Waals surface area contributed by atoms with Gasteiger partial charge in [-0.1, -0.05) is 31.9 Å². The van der Waals surface area contributed by atoms with Gasteiger partial charge in [0.1, 0.15) is 0 Å². The first-order valence-corrected chi connectivity index (χ1v) is 12.8. The summed E-state index contributed by atoms with van der Waals surface area (Å²) in [5, 5.41) is 5.22. The topological polar surface area (TPSA) is 66.6 Å². The summed E-state index contributed by atoms with van der Waals surface area (Å²) in [6.45, 7) is 3.35. The van der Waals surface area contributed by atoms with E-state index >= 15 is 0 Å². The van der Waals surface area contributed by atoms with Gasteiger partial charge < -0.3 is 24.7 Å². The molecule has 1 saturated carbocycles. The number of H-pyrrole nitrogens is 1. The molecule has 1 aliphatic rings. The predicted octanol–water partition coefficient (Wildman–Crippen LogP) is 4.97. The number of nitrogens with zero attached hydrogens (tertiary/aromatic N) is 1. The molecule has 1 aliphatic carbocycles. The number of thiocarbonyl (C=S) groups is 1. The lowest BCUT2D eigenvalue weighted by Gasteiger charge is -2.31. The second kappa shape index (κ2) is 11.6. The normalized spacial score (nSPS) is 13.7. The fourth-order valence-corrected chi connectivity index (χ4v) is 5.17. The Labute approximate surface area is 212 Å². The number of benzene rings is 2. The van der Waals surface area contributed by atoms with Gasteiger partial charge in [-0.15, -0.1) is 0 Å². The van der Waals surface area contributed by atoms with Crippen LogP contribution in [-0.2, 0) is 19.4 Å². The van der Waals surface area contributed by atoms with E-state index in [4.69, 9.17) is 21.7 Å². The van der Waals surface area contributed by atoms with Crippen molar-refractivity contribution in [3.63, 3.8) is 0 Å². The minimum Gasteiger partial charge on any atom is -0.493 e. The smallest absolute Gasteiger partial charge is 0.253 e. The number of hydrogen-bond donors (Lipinski definition) is 2. The molecule has 0 amide bonds. The maximum absolute atomic E-state index is 12.9. The average molecular weight is 494 g/mol. The SMILES string of the molecule is CCc1ccc2[nH]c(=O)c(CN(C(=S)NCCc3ccc(OC)c(OC)c3)C3CCCC3)cc2c1. The maximum Gasteiger partial charge on any atom is 0.253 e. The van der Waals surface area contributed by atoms with Crippen LogP contribution in [0.2, 0.25) is 0 Å². The van der Waals surface area contributed by atoms with Crippen LogP contribution in [0, 0.1) is 0 Å².